The highest BCUT2D eigenvalue weighted by Gasteiger charge is 2.32. The molecule has 1 aliphatic heterocycles. The van der Waals surface area contributed by atoms with Crippen LogP contribution in [-0.2, 0) is 14.8 Å². The Morgan fingerprint density at radius 3 is 2.59 bits per heavy atom. The number of primary amides is 1. The molecule has 2 N–H and O–H groups in total. The number of carbonyl (C=O) groups excluding carboxylic acids is 1. The molecular weight excluding hydrogens is 302 g/mol. The van der Waals surface area contributed by atoms with Gasteiger partial charge in [0.25, 0.3) is 0 Å². The zero-order valence-corrected chi connectivity index (χ0v) is 12.8. The molecule has 1 aromatic carbocycles. The Balaban J connectivity index is 1.95. The van der Waals surface area contributed by atoms with Crippen molar-refractivity contribution in [2.45, 2.75) is 17.7 Å². The third kappa shape index (κ3) is 2.57. The van der Waals surface area contributed by atoms with E-state index in [1.807, 2.05) is 0 Å². The first-order chi connectivity index (χ1) is 10.5. The Morgan fingerprint density at radius 2 is 1.91 bits per heavy atom. The zero-order chi connectivity index (χ0) is 15.7. The Labute approximate surface area is 129 Å². The second-order valence-corrected chi connectivity index (χ2v) is 7.31. The molecular formula is C15H17N3O3S. The highest BCUT2D eigenvalue weighted by Crippen LogP contribution is 2.27. The van der Waals surface area contributed by atoms with Crippen LogP contribution < -0.4 is 5.73 Å². The number of nitrogens with two attached hydrogens (primary N) is 1. The number of nitrogens with zero attached hydrogens (tertiary/aromatic N) is 2. The van der Waals surface area contributed by atoms with Crippen LogP contribution in [0.25, 0.3) is 10.9 Å². The van der Waals surface area contributed by atoms with E-state index >= 15 is 0 Å². The van der Waals surface area contributed by atoms with Gasteiger partial charge >= 0.3 is 0 Å². The molecule has 1 saturated heterocycles. The standard InChI is InChI=1S/C15H17N3O3S/c16-15(19)11-6-9-18(10-7-11)22(20,21)14-5-1-4-13-12(14)3-2-8-17-13/h1-5,8,11H,6-7,9-10H2,(H2,16,19). The van der Waals surface area contributed by atoms with Crippen molar-refractivity contribution < 1.29 is 13.2 Å². The van der Waals surface area contributed by atoms with Gasteiger partial charge in [-0.2, -0.15) is 4.31 Å². The molecule has 0 bridgehead atoms. The van der Waals surface area contributed by atoms with Crippen LogP contribution in [0.4, 0.5) is 0 Å². The van der Waals surface area contributed by atoms with Crippen molar-refractivity contribution in [3.8, 4) is 0 Å². The molecule has 1 fully saturated rings. The van der Waals surface area contributed by atoms with Gasteiger partial charge in [0.15, 0.2) is 0 Å². The molecule has 2 aromatic rings. The fourth-order valence-electron chi connectivity index (χ4n) is 2.82. The third-order valence-corrected chi connectivity index (χ3v) is 6.04. The summed E-state index contributed by atoms with van der Waals surface area (Å²) >= 11 is 0. The lowest BCUT2D eigenvalue weighted by atomic mass is 9.98. The predicted octanol–water partition coefficient (Wildman–Crippen LogP) is 1.12. The molecule has 0 spiro atoms. The summed E-state index contributed by atoms with van der Waals surface area (Å²) < 4.78 is 27.1. The number of hydrogen-bond acceptors (Lipinski definition) is 4. The lowest BCUT2D eigenvalue weighted by Gasteiger charge is -2.30. The molecule has 6 nitrogen and oxygen atoms in total. The Bertz CT molecular complexity index is 806. The Morgan fingerprint density at radius 1 is 1.18 bits per heavy atom. The summed E-state index contributed by atoms with van der Waals surface area (Å²) in [5.41, 5.74) is 5.94. The van der Waals surface area contributed by atoms with Crippen molar-refractivity contribution in [2.24, 2.45) is 11.7 Å². The zero-order valence-electron chi connectivity index (χ0n) is 12.0. The molecule has 0 atom stereocenters. The maximum absolute atomic E-state index is 12.9. The monoisotopic (exact) mass is 319 g/mol. The third-order valence-electron chi connectivity index (χ3n) is 4.08. The van der Waals surface area contributed by atoms with Gasteiger partial charge in [-0.1, -0.05) is 6.07 Å². The minimum absolute atomic E-state index is 0.236. The smallest absolute Gasteiger partial charge is 0.243 e. The lowest BCUT2D eigenvalue weighted by molar-refractivity contribution is -0.122. The topological polar surface area (TPSA) is 93.4 Å². The first-order valence-electron chi connectivity index (χ1n) is 7.13. The maximum Gasteiger partial charge on any atom is 0.243 e. The highest BCUT2D eigenvalue weighted by atomic mass is 32.2. The van der Waals surface area contributed by atoms with Gasteiger partial charge in [-0.15, -0.1) is 0 Å². The number of piperidine rings is 1. The van der Waals surface area contributed by atoms with E-state index in [9.17, 15) is 13.2 Å². The quantitative estimate of drug-likeness (QED) is 0.917. The van der Waals surface area contributed by atoms with E-state index < -0.39 is 10.0 Å². The van der Waals surface area contributed by atoms with E-state index in [0.717, 1.165) is 0 Å². The molecule has 1 aromatic heterocycles. The summed E-state index contributed by atoms with van der Waals surface area (Å²) in [6.07, 6.45) is 2.58. The van der Waals surface area contributed by atoms with Gasteiger partial charge < -0.3 is 5.73 Å². The molecule has 1 amide bonds. The second kappa shape index (κ2) is 5.66. The van der Waals surface area contributed by atoms with Gasteiger partial charge in [-0.25, -0.2) is 8.42 Å². The fraction of sp³-hybridized carbons (Fsp3) is 0.333. The van der Waals surface area contributed by atoms with Crippen LogP contribution in [0, 0.1) is 5.92 Å². The minimum Gasteiger partial charge on any atom is -0.369 e. The average molecular weight is 319 g/mol. The van der Waals surface area contributed by atoms with Crippen LogP contribution in [0.1, 0.15) is 12.8 Å². The van der Waals surface area contributed by atoms with E-state index in [1.165, 1.54) is 4.31 Å². The number of pyridine rings is 1. The summed E-state index contributed by atoms with van der Waals surface area (Å²) in [5.74, 6) is -0.591. The van der Waals surface area contributed by atoms with Crippen LogP contribution in [0.3, 0.4) is 0 Å². The maximum atomic E-state index is 12.9. The van der Waals surface area contributed by atoms with Crippen molar-refractivity contribution in [3.63, 3.8) is 0 Å². The molecule has 116 valence electrons. The first-order valence-corrected chi connectivity index (χ1v) is 8.57. The molecule has 0 aliphatic carbocycles. The lowest BCUT2D eigenvalue weighted by Crippen LogP contribution is -2.41. The van der Waals surface area contributed by atoms with Crippen LogP contribution in [0.2, 0.25) is 0 Å². The number of benzene rings is 1. The molecule has 0 radical (unpaired) electrons. The summed E-state index contributed by atoms with van der Waals surface area (Å²) in [7, 11) is -3.60. The second-order valence-electron chi connectivity index (χ2n) is 5.41. The number of aromatic nitrogens is 1. The fourth-order valence-corrected chi connectivity index (χ4v) is 4.49. The minimum atomic E-state index is -3.60. The number of sulfonamides is 1. The molecule has 0 unspecified atom stereocenters. The van der Waals surface area contributed by atoms with E-state index in [-0.39, 0.29) is 16.7 Å². The van der Waals surface area contributed by atoms with Gasteiger partial charge in [-0.3, -0.25) is 9.78 Å². The summed E-state index contributed by atoms with van der Waals surface area (Å²) in [4.78, 5) is 15.7. The SMILES string of the molecule is NC(=O)C1CCN(S(=O)(=O)c2cccc3ncccc23)CC1. The Hall–Kier alpha value is -1.99. The summed E-state index contributed by atoms with van der Waals surface area (Å²) in [6, 6.07) is 8.55. The van der Waals surface area contributed by atoms with Gasteiger partial charge in [0.1, 0.15) is 0 Å². The van der Waals surface area contributed by atoms with Crippen molar-refractivity contribution in [2.75, 3.05) is 13.1 Å². The first kappa shape index (κ1) is 14.9. The van der Waals surface area contributed by atoms with Gasteiger partial charge in [0.05, 0.1) is 10.4 Å². The number of fused-ring (bicyclic) bond motifs is 1. The highest BCUT2D eigenvalue weighted by molar-refractivity contribution is 7.89. The molecule has 22 heavy (non-hydrogen) atoms. The van der Waals surface area contributed by atoms with Gasteiger partial charge in [0, 0.05) is 30.6 Å². The van der Waals surface area contributed by atoms with E-state index in [2.05, 4.69) is 4.98 Å². The van der Waals surface area contributed by atoms with Crippen LogP contribution in [-0.4, -0.2) is 36.7 Å². The molecule has 0 saturated carbocycles. The molecule has 2 heterocycles. The summed E-state index contributed by atoms with van der Waals surface area (Å²) in [5, 5.41) is 0.613. The number of rotatable bonds is 3. The van der Waals surface area contributed by atoms with Crippen LogP contribution in [0.15, 0.2) is 41.4 Å². The molecule has 7 heteroatoms. The van der Waals surface area contributed by atoms with Crippen molar-refractivity contribution in [1.29, 1.82) is 0 Å². The van der Waals surface area contributed by atoms with Crippen molar-refractivity contribution in [1.82, 2.24) is 9.29 Å². The molecule has 3 rings (SSSR count). The van der Waals surface area contributed by atoms with E-state index in [1.54, 1.807) is 36.5 Å². The van der Waals surface area contributed by atoms with Crippen LogP contribution in [0.5, 0.6) is 0 Å². The number of hydrogen-bond donors (Lipinski definition) is 1. The number of amides is 1. The summed E-state index contributed by atoms with van der Waals surface area (Å²) in [6.45, 7) is 0.624. The van der Waals surface area contributed by atoms with Crippen molar-refractivity contribution in [3.05, 3.63) is 36.5 Å². The molecule has 1 aliphatic rings. The van der Waals surface area contributed by atoms with Crippen LogP contribution >= 0.6 is 0 Å². The number of carbonyl (C=O) groups is 1. The van der Waals surface area contributed by atoms with E-state index in [4.69, 9.17) is 5.73 Å². The van der Waals surface area contributed by atoms with Crippen molar-refractivity contribution >= 4 is 26.8 Å². The Kier molecular flexibility index (Phi) is 3.84. The largest absolute Gasteiger partial charge is 0.369 e. The predicted molar refractivity (Wildman–Crippen MR) is 82.4 cm³/mol. The van der Waals surface area contributed by atoms with Gasteiger partial charge in [-0.05, 0) is 37.1 Å². The van der Waals surface area contributed by atoms with E-state index in [0.29, 0.717) is 36.8 Å². The normalized spacial score (nSPS) is 17.6. The van der Waals surface area contributed by atoms with Gasteiger partial charge in [0.2, 0.25) is 15.9 Å². The average Bonchev–Trinajstić information content (AvgIpc) is 2.54.